The number of sulfone groups is 1. The van der Waals surface area contributed by atoms with Crippen molar-refractivity contribution in [2.75, 3.05) is 18.1 Å². The van der Waals surface area contributed by atoms with Crippen LogP contribution in [0.1, 0.15) is 19.3 Å². The number of amides is 3. The standard InChI is InChI=1S/C14H18N2O5S/c17-12(15-9-5-6-22(20,21)8-9)7-16-13(18)10-3-1-2-4-11(10)14(16)19/h1-2,9-11H,3-8H2,(H,15,17)/t9-,10-,11+/m1/s1. The second kappa shape index (κ2) is 5.49. The first-order chi connectivity index (χ1) is 10.4. The third kappa shape index (κ3) is 2.79. The van der Waals surface area contributed by atoms with Gasteiger partial charge in [-0.15, -0.1) is 0 Å². The lowest BCUT2D eigenvalue weighted by Gasteiger charge is -2.16. The van der Waals surface area contributed by atoms with Crippen LogP contribution < -0.4 is 5.32 Å². The topological polar surface area (TPSA) is 101 Å². The summed E-state index contributed by atoms with van der Waals surface area (Å²) in [4.78, 5) is 37.5. The maximum atomic E-state index is 12.2. The van der Waals surface area contributed by atoms with Crippen molar-refractivity contribution in [3.63, 3.8) is 0 Å². The van der Waals surface area contributed by atoms with Crippen LogP contribution in [0.4, 0.5) is 0 Å². The molecule has 0 bridgehead atoms. The average Bonchev–Trinajstić information content (AvgIpc) is 2.92. The van der Waals surface area contributed by atoms with Gasteiger partial charge < -0.3 is 5.32 Å². The molecule has 2 fully saturated rings. The molecule has 2 heterocycles. The zero-order valence-electron chi connectivity index (χ0n) is 12.0. The molecule has 0 aromatic rings. The van der Waals surface area contributed by atoms with Crippen molar-refractivity contribution >= 4 is 27.6 Å². The van der Waals surface area contributed by atoms with E-state index < -0.39 is 21.8 Å². The Bertz CT molecular complexity index is 628. The van der Waals surface area contributed by atoms with Crippen LogP contribution in [0.25, 0.3) is 0 Å². The van der Waals surface area contributed by atoms with Crippen molar-refractivity contribution in [2.24, 2.45) is 11.8 Å². The van der Waals surface area contributed by atoms with Crippen molar-refractivity contribution in [1.29, 1.82) is 0 Å². The molecular formula is C14H18N2O5S. The fourth-order valence-electron chi connectivity index (χ4n) is 3.35. The molecule has 0 aromatic heterocycles. The summed E-state index contributed by atoms with van der Waals surface area (Å²) in [6.07, 6.45) is 5.23. The van der Waals surface area contributed by atoms with Crippen LogP contribution in [0.5, 0.6) is 0 Å². The van der Waals surface area contributed by atoms with E-state index in [0.717, 1.165) is 4.90 Å². The molecule has 3 rings (SSSR count). The molecule has 3 amide bonds. The first kappa shape index (κ1) is 15.2. The number of hydrogen-bond donors (Lipinski definition) is 1. The van der Waals surface area contributed by atoms with Gasteiger partial charge in [-0.1, -0.05) is 12.2 Å². The second-order valence-electron chi connectivity index (χ2n) is 6.09. The van der Waals surface area contributed by atoms with Crippen molar-refractivity contribution in [3.05, 3.63) is 12.2 Å². The minimum atomic E-state index is -3.08. The highest BCUT2D eigenvalue weighted by Gasteiger charge is 2.47. The van der Waals surface area contributed by atoms with Crippen molar-refractivity contribution in [2.45, 2.75) is 25.3 Å². The van der Waals surface area contributed by atoms with Crippen molar-refractivity contribution in [1.82, 2.24) is 10.2 Å². The zero-order chi connectivity index (χ0) is 15.9. The number of fused-ring (bicyclic) bond motifs is 1. The monoisotopic (exact) mass is 326 g/mol. The summed E-state index contributed by atoms with van der Waals surface area (Å²) in [6.45, 7) is -0.318. The number of hydrogen-bond acceptors (Lipinski definition) is 5. The molecule has 120 valence electrons. The summed E-state index contributed by atoms with van der Waals surface area (Å²) < 4.78 is 22.7. The summed E-state index contributed by atoms with van der Waals surface area (Å²) in [5, 5.41) is 2.60. The van der Waals surface area contributed by atoms with Gasteiger partial charge in [-0.2, -0.15) is 0 Å². The smallest absolute Gasteiger partial charge is 0.240 e. The molecule has 22 heavy (non-hydrogen) atoms. The Morgan fingerprint density at radius 2 is 1.77 bits per heavy atom. The molecule has 2 saturated heterocycles. The number of likely N-dealkylation sites (tertiary alicyclic amines) is 1. The Kier molecular flexibility index (Phi) is 3.80. The maximum Gasteiger partial charge on any atom is 0.240 e. The van der Waals surface area contributed by atoms with E-state index in [1.165, 1.54) is 0 Å². The number of imide groups is 1. The molecule has 7 nitrogen and oxygen atoms in total. The first-order valence-electron chi connectivity index (χ1n) is 7.37. The normalized spacial score (nSPS) is 33.1. The average molecular weight is 326 g/mol. The van der Waals surface area contributed by atoms with E-state index in [9.17, 15) is 22.8 Å². The molecule has 0 saturated carbocycles. The van der Waals surface area contributed by atoms with Gasteiger partial charge in [0.2, 0.25) is 17.7 Å². The van der Waals surface area contributed by atoms with Crippen molar-refractivity contribution in [3.8, 4) is 0 Å². The Morgan fingerprint density at radius 1 is 1.18 bits per heavy atom. The van der Waals surface area contributed by atoms with Crippen LogP contribution in [-0.4, -0.2) is 55.1 Å². The van der Waals surface area contributed by atoms with E-state index in [4.69, 9.17) is 0 Å². The Hall–Kier alpha value is -1.70. The lowest BCUT2D eigenvalue weighted by Crippen LogP contribution is -2.44. The quantitative estimate of drug-likeness (QED) is 0.543. The lowest BCUT2D eigenvalue weighted by atomic mass is 9.85. The summed E-state index contributed by atoms with van der Waals surface area (Å²) in [5.41, 5.74) is 0. The molecule has 0 radical (unpaired) electrons. The SMILES string of the molecule is O=C(CN1C(=O)[C@H]2CC=CC[C@H]2C1=O)N[C@@H]1CCS(=O)(=O)C1. The number of nitrogens with zero attached hydrogens (tertiary/aromatic N) is 1. The van der Waals surface area contributed by atoms with Gasteiger partial charge in [0, 0.05) is 6.04 Å². The van der Waals surface area contributed by atoms with Gasteiger partial charge in [0.1, 0.15) is 6.54 Å². The molecule has 8 heteroatoms. The van der Waals surface area contributed by atoms with E-state index in [2.05, 4.69) is 5.32 Å². The predicted octanol–water partition coefficient (Wildman–Crippen LogP) is -0.759. The molecule has 0 spiro atoms. The number of carbonyl (C=O) groups excluding carboxylic acids is 3. The highest BCUT2D eigenvalue weighted by molar-refractivity contribution is 7.91. The van der Waals surface area contributed by atoms with Gasteiger partial charge in [0.05, 0.1) is 23.3 Å². The van der Waals surface area contributed by atoms with Gasteiger partial charge >= 0.3 is 0 Å². The fraction of sp³-hybridized carbons (Fsp3) is 0.643. The molecule has 3 aliphatic rings. The maximum absolute atomic E-state index is 12.2. The van der Waals surface area contributed by atoms with E-state index >= 15 is 0 Å². The third-order valence-corrected chi connectivity index (χ3v) is 6.27. The van der Waals surface area contributed by atoms with Crippen LogP contribution in [-0.2, 0) is 24.2 Å². The molecule has 0 aromatic carbocycles. The second-order valence-corrected chi connectivity index (χ2v) is 8.31. The van der Waals surface area contributed by atoms with Crippen molar-refractivity contribution < 1.29 is 22.8 Å². The van der Waals surface area contributed by atoms with E-state index in [-0.39, 0.29) is 41.7 Å². The summed E-state index contributed by atoms with van der Waals surface area (Å²) in [7, 11) is -3.08. The molecule has 0 unspecified atom stereocenters. The minimum absolute atomic E-state index is 0.0648. The summed E-state index contributed by atoms with van der Waals surface area (Å²) in [5.74, 6) is -1.78. The number of nitrogens with one attached hydrogen (secondary N) is 1. The van der Waals surface area contributed by atoms with Gasteiger partial charge in [0.15, 0.2) is 9.84 Å². The van der Waals surface area contributed by atoms with Gasteiger partial charge in [-0.05, 0) is 19.3 Å². The van der Waals surface area contributed by atoms with Crippen LogP contribution in [0.15, 0.2) is 12.2 Å². The Morgan fingerprint density at radius 3 is 2.27 bits per heavy atom. The fourth-order valence-corrected chi connectivity index (χ4v) is 5.02. The van der Waals surface area contributed by atoms with E-state index in [1.54, 1.807) is 0 Å². The highest BCUT2D eigenvalue weighted by Crippen LogP contribution is 2.34. The third-order valence-electron chi connectivity index (χ3n) is 4.50. The van der Waals surface area contributed by atoms with E-state index in [0.29, 0.717) is 19.3 Å². The molecule has 1 aliphatic carbocycles. The molecule has 1 N–H and O–H groups in total. The van der Waals surface area contributed by atoms with Crippen LogP contribution in [0.2, 0.25) is 0 Å². The van der Waals surface area contributed by atoms with Gasteiger partial charge in [-0.3, -0.25) is 19.3 Å². The zero-order valence-corrected chi connectivity index (χ0v) is 12.8. The van der Waals surface area contributed by atoms with Gasteiger partial charge in [-0.25, -0.2) is 8.42 Å². The number of allylic oxidation sites excluding steroid dienone is 2. The molecule has 3 atom stereocenters. The first-order valence-corrected chi connectivity index (χ1v) is 9.19. The largest absolute Gasteiger partial charge is 0.351 e. The van der Waals surface area contributed by atoms with Crippen LogP contribution in [0, 0.1) is 11.8 Å². The molecular weight excluding hydrogens is 308 g/mol. The molecule has 2 aliphatic heterocycles. The number of carbonyl (C=O) groups is 3. The summed E-state index contributed by atoms with van der Waals surface area (Å²) in [6, 6.07) is -0.422. The van der Waals surface area contributed by atoms with Gasteiger partial charge in [0.25, 0.3) is 0 Å². The highest BCUT2D eigenvalue weighted by atomic mass is 32.2. The summed E-state index contributed by atoms with van der Waals surface area (Å²) >= 11 is 0. The Balaban J connectivity index is 1.60. The lowest BCUT2D eigenvalue weighted by molar-refractivity contribution is -0.143. The van der Waals surface area contributed by atoms with Crippen LogP contribution >= 0.6 is 0 Å². The Labute approximate surface area is 128 Å². The van der Waals surface area contributed by atoms with Crippen LogP contribution in [0.3, 0.4) is 0 Å². The van der Waals surface area contributed by atoms with E-state index in [1.807, 2.05) is 12.2 Å². The predicted molar refractivity (Wildman–Crippen MR) is 77.3 cm³/mol. The minimum Gasteiger partial charge on any atom is -0.351 e. The number of rotatable bonds is 3.